The largest absolute Gasteiger partial charge is 0.491 e. The molecule has 0 aliphatic carbocycles. The molecule has 1 atom stereocenters. The molecule has 2 aromatic rings. The van der Waals surface area contributed by atoms with Crippen molar-refractivity contribution in [3.8, 4) is 0 Å². The molecule has 0 radical (unpaired) electrons. The molecule has 0 aromatic heterocycles. The normalized spacial score (nSPS) is 14.0. The quantitative estimate of drug-likeness (QED) is 0.666. The van der Waals surface area contributed by atoms with E-state index in [0.29, 0.717) is 17.6 Å². The Bertz CT molecular complexity index is 761. The Labute approximate surface area is 139 Å². The van der Waals surface area contributed by atoms with Gasteiger partial charge in [0.1, 0.15) is 0 Å². The third-order valence-electron chi connectivity index (χ3n) is 3.79. The van der Waals surface area contributed by atoms with Crippen molar-refractivity contribution in [2.24, 2.45) is 0 Å². The van der Waals surface area contributed by atoms with Crippen molar-refractivity contribution in [2.45, 2.75) is 12.7 Å². The van der Waals surface area contributed by atoms with E-state index in [1.165, 1.54) is 13.2 Å². The minimum atomic E-state index is -1.15. The Morgan fingerprint density at radius 1 is 1.21 bits per heavy atom. The maximum Gasteiger partial charge on any atom is 0.491 e. The van der Waals surface area contributed by atoms with Gasteiger partial charge >= 0.3 is 19.1 Å². The molecule has 1 unspecified atom stereocenters. The van der Waals surface area contributed by atoms with Crippen molar-refractivity contribution in [2.75, 3.05) is 7.11 Å². The van der Waals surface area contributed by atoms with Crippen molar-refractivity contribution in [1.29, 1.82) is 0 Å². The van der Waals surface area contributed by atoms with Gasteiger partial charge < -0.3 is 19.2 Å². The molecule has 2 aromatic carbocycles. The topological polar surface area (TPSA) is 82.1 Å². The lowest BCUT2D eigenvalue weighted by atomic mass is 9.79. The van der Waals surface area contributed by atoms with Gasteiger partial charge in [0.25, 0.3) is 0 Å². The van der Waals surface area contributed by atoms with Crippen LogP contribution in [-0.4, -0.2) is 31.2 Å². The maximum absolute atomic E-state index is 12.4. The Morgan fingerprint density at radius 2 is 1.96 bits per heavy atom. The van der Waals surface area contributed by atoms with Gasteiger partial charge in [0, 0.05) is 5.56 Å². The summed E-state index contributed by atoms with van der Waals surface area (Å²) in [5.74, 6) is -1.35. The number of carbonyl (C=O) groups is 2. The van der Waals surface area contributed by atoms with Crippen LogP contribution in [0, 0.1) is 0 Å². The lowest BCUT2D eigenvalue weighted by Crippen LogP contribution is -2.29. The summed E-state index contributed by atoms with van der Waals surface area (Å²) >= 11 is 0. The molecule has 1 aliphatic rings. The van der Waals surface area contributed by atoms with E-state index in [1.54, 1.807) is 42.5 Å². The molecule has 1 N–H and O–H groups in total. The second kappa shape index (κ2) is 6.86. The first-order valence-corrected chi connectivity index (χ1v) is 7.36. The maximum atomic E-state index is 12.4. The van der Waals surface area contributed by atoms with E-state index >= 15 is 0 Å². The molecular formula is C17H15BO6. The van der Waals surface area contributed by atoms with Crippen LogP contribution in [-0.2, 0) is 25.5 Å². The molecule has 0 saturated heterocycles. The predicted octanol–water partition coefficient (Wildman–Crippen LogP) is 0.975. The van der Waals surface area contributed by atoms with Gasteiger partial charge in [0.15, 0.2) is 0 Å². The number of methoxy groups -OCH3 is 1. The second-order valence-corrected chi connectivity index (χ2v) is 5.30. The molecule has 1 aliphatic heterocycles. The highest BCUT2D eigenvalue weighted by Gasteiger charge is 2.30. The van der Waals surface area contributed by atoms with Gasteiger partial charge in [0.2, 0.25) is 6.10 Å². The summed E-state index contributed by atoms with van der Waals surface area (Å²) in [5, 5.41) is 9.73. The van der Waals surface area contributed by atoms with Crippen LogP contribution in [0.1, 0.15) is 27.6 Å². The molecule has 6 nitrogen and oxygen atoms in total. The zero-order valence-electron chi connectivity index (χ0n) is 13.0. The molecule has 24 heavy (non-hydrogen) atoms. The monoisotopic (exact) mass is 326 g/mol. The van der Waals surface area contributed by atoms with Gasteiger partial charge in [-0.15, -0.1) is 0 Å². The van der Waals surface area contributed by atoms with Gasteiger partial charge in [-0.1, -0.05) is 36.4 Å². The lowest BCUT2D eigenvalue weighted by molar-refractivity contribution is -0.151. The Kier molecular flexibility index (Phi) is 4.64. The number of fused-ring (bicyclic) bond motifs is 1. The minimum absolute atomic E-state index is 0.225. The number of benzene rings is 2. The highest BCUT2D eigenvalue weighted by Crippen LogP contribution is 2.21. The average Bonchev–Trinajstić information content (AvgIpc) is 3.00. The molecule has 0 bridgehead atoms. The molecular weight excluding hydrogens is 311 g/mol. The molecule has 122 valence electrons. The molecule has 0 spiro atoms. The number of carbonyl (C=O) groups excluding carboxylic acids is 2. The third-order valence-corrected chi connectivity index (χ3v) is 3.79. The summed E-state index contributed by atoms with van der Waals surface area (Å²) in [6, 6.07) is 13.4. The molecule has 0 fully saturated rings. The van der Waals surface area contributed by atoms with Crippen LogP contribution in [0.25, 0.3) is 0 Å². The van der Waals surface area contributed by atoms with E-state index in [4.69, 9.17) is 14.1 Å². The Hall–Kier alpha value is -2.64. The first kappa shape index (κ1) is 16.2. The zero-order valence-corrected chi connectivity index (χ0v) is 13.0. The summed E-state index contributed by atoms with van der Waals surface area (Å²) in [7, 11) is 0.174. The first-order chi connectivity index (χ1) is 11.6. The van der Waals surface area contributed by atoms with Gasteiger partial charge in [-0.2, -0.15) is 0 Å². The lowest BCUT2D eigenvalue weighted by Gasteiger charge is -2.16. The van der Waals surface area contributed by atoms with Crippen LogP contribution in [0.3, 0.4) is 0 Å². The summed E-state index contributed by atoms with van der Waals surface area (Å²) in [5.41, 5.74) is 2.08. The number of ether oxygens (including phenoxy) is 2. The fraction of sp³-hybridized carbons (Fsp3) is 0.176. The molecule has 1 heterocycles. The SMILES string of the molecule is COC(=O)C(OC(=O)c1ccc2c(c1)B(O)OC2)c1ccccc1. The second-order valence-electron chi connectivity index (χ2n) is 5.30. The van der Waals surface area contributed by atoms with Crippen LogP contribution in [0.5, 0.6) is 0 Å². The Morgan fingerprint density at radius 3 is 2.67 bits per heavy atom. The third kappa shape index (κ3) is 3.17. The summed E-state index contributed by atoms with van der Waals surface area (Å²) in [6.45, 7) is 0.292. The molecule has 0 amide bonds. The van der Waals surface area contributed by atoms with Crippen molar-refractivity contribution < 1.29 is 28.7 Å². The van der Waals surface area contributed by atoms with Gasteiger partial charge in [-0.3, -0.25) is 0 Å². The van der Waals surface area contributed by atoms with E-state index in [2.05, 4.69) is 0 Å². The smallest absolute Gasteiger partial charge is 0.466 e. The van der Waals surface area contributed by atoms with Crippen molar-refractivity contribution >= 4 is 24.5 Å². The molecule has 7 heteroatoms. The standard InChI is InChI=1S/C17H15BO6/c1-22-17(20)15(11-5-3-2-4-6-11)24-16(19)12-7-8-13-10-23-18(21)14(13)9-12/h2-9,15,21H,10H2,1H3. The van der Waals surface area contributed by atoms with Crippen molar-refractivity contribution in [1.82, 2.24) is 0 Å². The van der Waals surface area contributed by atoms with Crippen LogP contribution < -0.4 is 5.46 Å². The van der Waals surface area contributed by atoms with Crippen molar-refractivity contribution in [3.63, 3.8) is 0 Å². The molecule has 3 rings (SSSR count). The molecule has 0 saturated carbocycles. The van der Waals surface area contributed by atoms with Crippen molar-refractivity contribution in [3.05, 3.63) is 65.2 Å². The van der Waals surface area contributed by atoms with Gasteiger partial charge in [0.05, 0.1) is 19.3 Å². The van der Waals surface area contributed by atoms with E-state index in [-0.39, 0.29) is 5.56 Å². The fourth-order valence-electron chi connectivity index (χ4n) is 2.50. The summed E-state index contributed by atoms with van der Waals surface area (Å²) < 4.78 is 15.1. The Balaban J connectivity index is 1.84. The van der Waals surface area contributed by atoms with Gasteiger partial charge in [-0.05, 0) is 23.2 Å². The zero-order chi connectivity index (χ0) is 17.1. The highest BCUT2D eigenvalue weighted by molar-refractivity contribution is 6.61. The average molecular weight is 326 g/mol. The van der Waals surface area contributed by atoms with E-state index in [9.17, 15) is 14.6 Å². The fourth-order valence-corrected chi connectivity index (χ4v) is 2.50. The first-order valence-electron chi connectivity index (χ1n) is 7.36. The summed E-state index contributed by atoms with van der Waals surface area (Å²) in [4.78, 5) is 24.4. The van der Waals surface area contributed by atoms with Crippen LogP contribution >= 0.6 is 0 Å². The van der Waals surface area contributed by atoms with Crippen LogP contribution in [0.15, 0.2) is 48.5 Å². The predicted molar refractivity (Wildman–Crippen MR) is 85.5 cm³/mol. The number of hydrogen-bond acceptors (Lipinski definition) is 6. The number of rotatable bonds is 4. The van der Waals surface area contributed by atoms with Crippen LogP contribution in [0.4, 0.5) is 0 Å². The van der Waals surface area contributed by atoms with E-state index < -0.39 is 25.2 Å². The highest BCUT2D eigenvalue weighted by atomic mass is 16.6. The minimum Gasteiger partial charge on any atom is -0.466 e. The number of esters is 2. The summed E-state index contributed by atoms with van der Waals surface area (Å²) in [6.07, 6.45) is -1.15. The van der Waals surface area contributed by atoms with Gasteiger partial charge in [-0.25, -0.2) is 9.59 Å². The van der Waals surface area contributed by atoms with E-state index in [1.807, 2.05) is 0 Å². The van der Waals surface area contributed by atoms with Crippen LogP contribution in [0.2, 0.25) is 0 Å². The number of hydrogen-bond donors (Lipinski definition) is 1. The van der Waals surface area contributed by atoms with E-state index in [0.717, 1.165) is 5.56 Å².